The molecule has 0 spiro atoms. The molecule has 3 aromatic rings. The molecule has 0 atom stereocenters. The van der Waals surface area contributed by atoms with Crippen molar-refractivity contribution in [2.24, 2.45) is 5.10 Å². The molecule has 0 radical (unpaired) electrons. The highest BCUT2D eigenvalue weighted by molar-refractivity contribution is 6.35. The molecule has 1 aliphatic heterocycles. The SMILES string of the molecule is Cc1cc(C)cc(NC(=O)COc2ccc(/C=N\NC(=O)C(=O)NCc3ccc4c(c3)OCO4)cc2)c1. The van der Waals surface area contributed by atoms with E-state index in [4.69, 9.17) is 14.2 Å². The van der Waals surface area contributed by atoms with Crippen LogP contribution in [-0.2, 0) is 20.9 Å². The van der Waals surface area contributed by atoms with E-state index < -0.39 is 11.8 Å². The highest BCUT2D eigenvalue weighted by atomic mass is 16.7. The molecule has 0 saturated heterocycles. The third kappa shape index (κ3) is 7.31. The number of aryl methyl sites for hydroxylation is 2. The van der Waals surface area contributed by atoms with Crippen LogP contribution in [0, 0.1) is 13.8 Å². The second-order valence-corrected chi connectivity index (χ2v) is 8.35. The highest BCUT2D eigenvalue weighted by Crippen LogP contribution is 2.32. The zero-order valence-electron chi connectivity index (χ0n) is 20.4. The first-order valence-electron chi connectivity index (χ1n) is 11.5. The second kappa shape index (κ2) is 11.7. The van der Waals surface area contributed by atoms with Crippen LogP contribution in [0.5, 0.6) is 17.2 Å². The fourth-order valence-electron chi connectivity index (χ4n) is 3.57. The van der Waals surface area contributed by atoms with Gasteiger partial charge in [-0.15, -0.1) is 0 Å². The average molecular weight is 503 g/mol. The van der Waals surface area contributed by atoms with E-state index in [1.807, 2.05) is 32.0 Å². The maximum Gasteiger partial charge on any atom is 0.329 e. The van der Waals surface area contributed by atoms with Gasteiger partial charge in [-0.3, -0.25) is 14.4 Å². The van der Waals surface area contributed by atoms with E-state index in [1.54, 1.807) is 42.5 Å². The minimum atomic E-state index is -0.897. The maximum atomic E-state index is 12.2. The molecule has 3 N–H and O–H groups in total. The van der Waals surface area contributed by atoms with Crippen LogP contribution in [0.4, 0.5) is 5.69 Å². The molecule has 10 nitrogen and oxygen atoms in total. The van der Waals surface area contributed by atoms with Crippen molar-refractivity contribution in [2.75, 3.05) is 18.7 Å². The molecule has 1 heterocycles. The minimum Gasteiger partial charge on any atom is -0.484 e. The number of amides is 3. The standard InChI is InChI=1S/C27H26N4O6/c1-17-9-18(2)11-21(10-17)30-25(32)15-35-22-6-3-19(4-7-22)14-29-31-27(34)26(33)28-13-20-5-8-23-24(12-20)37-16-36-23/h3-12,14H,13,15-16H2,1-2H3,(H,28,33)(H,30,32)(H,31,34)/b29-14-. The first kappa shape index (κ1) is 25.2. The first-order chi connectivity index (χ1) is 17.9. The molecule has 10 heteroatoms. The summed E-state index contributed by atoms with van der Waals surface area (Å²) >= 11 is 0. The Bertz CT molecular complexity index is 1320. The molecule has 0 saturated carbocycles. The van der Waals surface area contributed by atoms with Crippen LogP contribution in [0.25, 0.3) is 0 Å². The van der Waals surface area contributed by atoms with Gasteiger partial charge in [0.25, 0.3) is 5.91 Å². The molecule has 0 aromatic heterocycles. The number of rotatable bonds is 8. The van der Waals surface area contributed by atoms with Crippen LogP contribution in [-0.4, -0.2) is 37.3 Å². The average Bonchev–Trinajstić information content (AvgIpc) is 3.34. The van der Waals surface area contributed by atoms with E-state index in [9.17, 15) is 14.4 Å². The third-order valence-electron chi connectivity index (χ3n) is 5.23. The number of carbonyl (C=O) groups is 3. The number of carbonyl (C=O) groups excluding carboxylic acids is 3. The van der Waals surface area contributed by atoms with Crippen LogP contribution >= 0.6 is 0 Å². The number of anilines is 1. The Morgan fingerprint density at radius 1 is 0.919 bits per heavy atom. The molecule has 1 aliphatic rings. The van der Waals surface area contributed by atoms with Gasteiger partial charge >= 0.3 is 11.8 Å². The number of ether oxygens (including phenoxy) is 3. The van der Waals surface area contributed by atoms with Gasteiger partial charge in [-0.05, 0) is 84.6 Å². The lowest BCUT2D eigenvalue weighted by molar-refractivity contribution is -0.139. The molecule has 0 aliphatic carbocycles. The van der Waals surface area contributed by atoms with E-state index in [-0.39, 0.29) is 25.9 Å². The van der Waals surface area contributed by atoms with Crippen molar-refractivity contribution in [3.8, 4) is 17.2 Å². The molecule has 0 unspecified atom stereocenters. The van der Waals surface area contributed by atoms with Gasteiger partial charge in [0.2, 0.25) is 6.79 Å². The minimum absolute atomic E-state index is 0.141. The lowest BCUT2D eigenvalue weighted by Gasteiger charge is -2.09. The molecule has 3 aromatic carbocycles. The van der Waals surface area contributed by atoms with Crippen molar-refractivity contribution < 1.29 is 28.6 Å². The van der Waals surface area contributed by atoms with Gasteiger partial charge < -0.3 is 24.8 Å². The number of hydrogen-bond acceptors (Lipinski definition) is 7. The van der Waals surface area contributed by atoms with E-state index in [1.165, 1.54) is 6.21 Å². The van der Waals surface area contributed by atoms with Crippen LogP contribution in [0.2, 0.25) is 0 Å². The van der Waals surface area contributed by atoms with Crippen molar-refractivity contribution in [2.45, 2.75) is 20.4 Å². The molecule has 4 rings (SSSR count). The normalized spacial score (nSPS) is 11.7. The first-order valence-corrected chi connectivity index (χ1v) is 11.5. The number of nitrogens with zero attached hydrogens (tertiary/aromatic N) is 1. The maximum absolute atomic E-state index is 12.2. The quantitative estimate of drug-likeness (QED) is 0.247. The summed E-state index contributed by atoms with van der Waals surface area (Å²) in [7, 11) is 0. The molecule has 190 valence electrons. The van der Waals surface area contributed by atoms with Gasteiger partial charge in [-0.1, -0.05) is 12.1 Å². The van der Waals surface area contributed by atoms with E-state index in [0.717, 1.165) is 22.4 Å². The molecule has 37 heavy (non-hydrogen) atoms. The Kier molecular flexibility index (Phi) is 7.99. The molecular weight excluding hydrogens is 476 g/mol. The molecule has 0 bridgehead atoms. The number of fused-ring (bicyclic) bond motifs is 1. The summed E-state index contributed by atoms with van der Waals surface area (Å²) in [6.45, 7) is 4.10. The Hall–Kier alpha value is -4.86. The van der Waals surface area contributed by atoms with E-state index >= 15 is 0 Å². The number of benzene rings is 3. The van der Waals surface area contributed by atoms with Crippen LogP contribution in [0.1, 0.15) is 22.3 Å². The Balaban J connectivity index is 1.18. The third-order valence-corrected chi connectivity index (χ3v) is 5.23. The predicted molar refractivity (Wildman–Crippen MR) is 137 cm³/mol. The second-order valence-electron chi connectivity index (χ2n) is 8.35. The Morgan fingerprint density at radius 3 is 2.41 bits per heavy atom. The van der Waals surface area contributed by atoms with Crippen molar-refractivity contribution >= 4 is 29.6 Å². The summed E-state index contributed by atoms with van der Waals surface area (Å²) in [5.41, 5.74) is 6.45. The summed E-state index contributed by atoms with van der Waals surface area (Å²) in [6.07, 6.45) is 1.39. The zero-order valence-corrected chi connectivity index (χ0v) is 20.4. The van der Waals surface area contributed by atoms with Gasteiger partial charge in [0.1, 0.15) is 5.75 Å². The summed E-state index contributed by atoms with van der Waals surface area (Å²) < 4.78 is 16.1. The fraction of sp³-hybridized carbons (Fsp3) is 0.185. The van der Waals surface area contributed by atoms with Gasteiger partial charge in [-0.25, -0.2) is 5.43 Å². The summed E-state index contributed by atoms with van der Waals surface area (Å²) in [4.78, 5) is 36.2. The van der Waals surface area contributed by atoms with Crippen LogP contribution in [0.15, 0.2) is 65.8 Å². The van der Waals surface area contributed by atoms with Gasteiger partial charge in [0.05, 0.1) is 6.21 Å². The van der Waals surface area contributed by atoms with E-state index in [2.05, 4.69) is 21.2 Å². The predicted octanol–water partition coefficient (Wildman–Crippen LogP) is 2.82. The van der Waals surface area contributed by atoms with Crippen molar-refractivity contribution in [3.05, 3.63) is 82.9 Å². The Morgan fingerprint density at radius 2 is 1.65 bits per heavy atom. The summed E-state index contributed by atoms with van der Waals surface area (Å²) in [5, 5.41) is 9.13. The lowest BCUT2D eigenvalue weighted by atomic mass is 10.1. The highest BCUT2D eigenvalue weighted by Gasteiger charge is 2.15. The van der Waals surface area contributed by atoms with Crippen LogP contribution < -0.4 is 30.3 Å². The van der Waals surface area contributed by atoms with Crippen molar-refractivity contribution in [1.82, 2.24) is 10.7 Å². The molecular formula is C27H26N4O6. The van der Waals surface area contributed by atoms with Gasteiger partial charge in [0, 0.05) is 12.2 Å². The molecule has 0 fully saturated rings. The number of hydrazone groups is 1. The zero-order chi connectivity index (χ0) is 26.2. The van der Waals surface area contributed by atoms with E-state index in [0.29, 0.717) is 22.8 Å². The number of nitrogens with one attached hydrogen (secondary N) is 3. The monoisotopic (exact) mass is 502 g/mol. The Labute approximate surface area is 213 Å². The van der Waals surface area contributed by atoms with Crippen molar-refractivity contribution in [1.29, 1.82) is 0 Å². The van der Waals surface area contributed by atoms with Crippen LogP contribution in [0.3, 0.4) is 0 Å². The lowest BCUT2D eigenvalue weighted by Crippen LogP contribution is -2.37. The number of hydrogen-bond donors (Lipinski definition) is 3. The van der Waals surface area contributed by atoms with Crippen molar-refractivity contribution in [3.63, 3.8) is 0 Å². The van der Waals surface area contributed by atoms with Gasteiger partial charge in [-0.2, -0.15) is 5.10 Å². The largest absolute Gasteiger partial charge is 0.484 e. The topological polar surface area (TPSA) is 127 Å². The van der Waals surface area contributed by atoms with Gasteiger partial charge in [0.15, 0.2) is 18.1 Å². The molecule has 3 amide bonds. The summed E-state index contributed by atoms with van der Waals surface area (Å²) in [6, 6.07) is 17.8. The summed E-state index contributed by atoms with van der Waals surface area (Å²) in [5.74, 6) is -0.252. The smallest absolute Gasteiger partial charge is 0.329 e. The fourth-order valence-corrected chi connectivity index (χ4v) is 3.57.